The highest BCUT2D eigenvalue weighted by atomic mass is 79.9. The van der Waals surface area contributed by atoms with Gasteiger partial charge in [0.1, 0.15) is 5.82 Å². The van der Waals surface area contributed by atoms with Crippen LogP contribution < -0.4 is 9.80 Å². The van der Waals surface area contributed by atoms with Crippen molar-refractivity contribution in [2.75, 3.05) is 68.8 Å². The molecule has 2 aliphatic heterocycles. The molecule has 0 saturated carbocycles. The Balaban J connectivity index is 1.33. The Morgan fingerprint density at radius 2 is 1.64 bits per heavy atom. The number of hydrogen-bond acceptors (Lipinski definition) is 6. The van der Waals surface area contributed by atoms with Crippen LogP contribution in [-0.4, -0.2) is 73.9 Å². The van der Waals surface area contributed by atoms with Crippen molar-refractivity contribution in [3.8, 4) is 0 Å². The Labute approximate surface area is 175 Å². The quantitative estimate of drug-likeness (QED) is 0.704. The lowest BCUT2D eigenvalue weighted by Crippen LogP contribution is -2.47. The summed E-state index contributed by atoms with van der Waals surface area (Å²) in [5, 5.41) is 0. The van der Waals surface area contributed by atoms with Crippen molar-refractivity contribution < 1.29 is 4.74 Å². The summed E-state index contributed by atoms with van der Waals surface area (Å²) in [6.07, 6.45) is 1.09. The second-order valence-electron chi connectivity index (χ2n) is 7.47. The summed E-state index contributed by atoms with van der Waals surface area (Å²) in [4.78, 5) is 16.8. The maximum absolute atomic E-state index is 5.47. The van der Waals surface area contributed by atoms with Gasteiger partial charge < -0.3 is 14.5 Å². The molecule has 0 spiro atoms. The number of anilines is 2. The molecule has 6 nitrogen and oxygen atoms in total. The van der Waals surface area contributed by atoms with Crippen molar-refractivity contribution in [3.05, 3.63) is 46.1 Å². The normalized spacial score (nSPS) is 18.5. The van der Waals surface area contributed by atoms with E-state index in [0.717, 1.165) is 87.4 Å². The van der Waals surface area contributed by atoms with Crippen molar-refractivity contribution in [1.29, 1.82) is 0 Å². The molecule has 2 fully saturated rings. The van der Waals surface area contributed by atoms with Gasteiger partial charge in [0.25, 0.3) is 0 Å². The predicted molar refractivity (Wildman–Crippen MR) is 116 cm³/mol. The van der Waals surface area contributed by atoms with Gasteiger partial charge in [0.15, 0.2) is 0 Å². The number of aryl methyl sites for hydroxylation is 1. The summed E-state index contributed by atoms with van der Waals surface area (Å²) in [6.45, 7) is 10.6. The smallest absolute Gasteiger partial charge is 0.227 e. The van der Waals surface area contributed by atoms with E-state index < -0.39 is 0 Å². The topological polar surface area (TPSA) is 44.7 Å². The maximum Gasteiger partial charge on any atom is 0.227 e. The van der Waals surface area contributed by atoms with Gasteiger partial charge in [0.05, 0.1) is 13.2 Å². The van der Waals surface area contributed by atoms with Crippen molar-refractivity contribution in [2.45, 2.75) is 13.3 Å². The van der Waals surface area contributed by atoms with Crippen molar-refractivity contribution in [1.82, 2.24) is 14.9 Å². The summed E-state index contributed by atoms with van der Waals surface area (Å²) >= 11 is 3.50. The van der Waals surface area contributed by atoms with E-state index in [1.807, 2.05) is 0 Å². The Bertz CT molecular complexity index is 771. The van der Waals surface area contributed by atoms with Crippen LogP contribution in [0.3, 0.4) is 0 Å². The molecule has 2 aliphatic rings. The molecule has 4 rings (SSSR count). The molecule has 0 aliphatic carbocycles. The fraction of sp³-hybridized carbons (Fsp3) is 0.524. The van der Waals surface area contributed by atoms with E-state index in [9.17, 15) is 0 Å². The highest BCUT2D eigenvalue weighted by Crippen LogP contribution is 2.20. The van der Waals surface area contributed by atoms with E-state index in [2.05, 4.69) is 67.9 Å². The molecule has 7 heteroatoms. The molecule has 0 unspecified atom stereocenters. The molecule has 0 amide bonds. The van der Waals surface area contributed by atoms with Crippen molar-refractivity contribution >= 4 is 27.7 Å². The van der Waals surface area contributed by atoms with Crippen LogP contribution in [0.1, 0.15) is 11.3 Å². The first-order valence-corrected chi connectivity index (χ1v) is 10.9. The largest absolute Gasteiger partial charge is 0.378 e. The highest BCUT2D eigenvalue weighted by molar-refractivity contribution is 9.10. The van der Waals surface area contributed by atoms with E-state index in [1.54, 1.807) is 0 Å². The van der Waals surface area contributed by atoms with Crippen LogP contribution in [0.15, 0.2) is 34.8 Å². The molecule has 0 bridgehead atoms. The molecule has 0 radical (unpaired) electrons. The third-order valence-corrected chi connectivity index (χ3v) is 5.98. The minimum atomic E-state index is 0.773. The van der Waals surface area contributed by atoms with Crippen molar-refractivity contribution in [3.63, 3.8) is 0 Å². The van der Waals surface area contributed by atoms with E-state index in [4.69, 9.17) is 14.7 Å². The SMILES string of the molecule is Cc1cc(N2CCOCC2)nc(N2CCN(CCc3ccc(Br)cc3)CC2)n1. The molecule has 28 heavy (non-hydrogen) atoms. The number of halogens is 1. The van der Waals surface area contributed by atoms with Crippen LogP contribution >= 0.6 is 15.9 Å². The second kappa shape index (κ2) is 9.20. The summed E-state index contributed by atoms with van der Waals surface area (Å²) in [7, 11) is 0. The molecule has 2 saturated heterocycles. The lowest BCUT2D eigenvalue weighted by Gasteiger charge is -2.35. The fourth-order valence-electron chi connectivity index (χ4n) is 3.74. The van der Waals surface area contributed by atoms with Gasteiger partial charge in [0, 0.05) is 62.0 Å². The molecule has 3 heterocycles. The number of morpholine rings is 1. The average Bonchev–Trinajstić information content (AvgIpc) is 2.74. The van der Waals surface area contributed by atoms with Gasteiger partial charge in [-0.3, -0.25) is 4.90 Å². The zero-order chi connectivity index (χ0) is 19.3. The molecule has 1 aromatic heterocycles. The van der Waals surface area contributed by atoms with Crippen LogP contribution in [0.5, 0.6) is 0 Å². The Morgan fingerprint density at radius 1 is 0.929 bits per heavy atom. The molecular formula is C21H28BrN5O. The first kappa shape index (κ1) is 19.6. The zero-order valence-corrected chi connectivity index (χ0v) is 18.1. The summed E-state index contributed by atoms with van der Waals surface area (Å²) in [5.74, 6) is 1.90. The second-order valence-corrected chi connectivity index (χ2v) is 8.39. The van der Waals surface area contributed by atoms with E-state index in [-0.39, 0.29) is 0 Å². The zero-order valence-electron chi connectivity index (χ0n) is 16.5. The minimum absolute atomic E-state index is 0.773. The van der Waals surface area contributed by atoms with Gasteiger partial charge in [-0.15, -0.1) is 0 Å². The van der Waals surface area contributed by atoms with Gasteiger partial charge >= 0.3 is 0 Å². The maximum atomic E-state index is 5.47. The lowest BCUT2D eigenvalue weighted by atomic mass is 10.1. The highest BCUT2D eigenvalue weighted by Gasteiger charge is 2.21. The first-order valence-electron chi connectivity index (χ1n) is 10.1. The number of piperazine rings is 1. The molecular weight excluding hydrogens is 418 g/mol. The molecule has 0 atom stereocenters. The summed E-state index contributed by atoms with van der Waals surface area (Å²) in [5.41, 5.74) is 2.42. The van der Waals surface area contributed by atoms with Crippen LogP contribution in [0, 0.1) is 6.92 Å². The van der Waals surface area contributed by atoms with Gasteiger partial charge in [-0.1, -0.05) is 28.1 Å². The van der Waals surface area contributed by atoms with Gasteiger partial charge in [-0.05, 0) is 31.0 Å². The number of benzene rings is 1. The Kier molecular flexibility index (Phi) is 6.44. The molecule has 0 N–H and O–H groups in total. The standard InChI is InChI=1S/C21H28BrN5O/c1-17-16-20(26-12-14-28-15-13-26)24-21(23-17)27-10-8-25(9-11-27)7-6-18-2-4-19(22)5-3-18/h2-5,16H,6-15H2,1H3. The third-order valence-electron chi connectivity index (χ3n) is 5.45. The van der Waals surface area contributed by atoms with Crippen LogP contribution in [0.4, 0.5) is 11.8 Å². The molecule has 1 aromatic carbocycles. The lowest BCUT2D eigenvalue weighted by molar-refractivity contribution is 0.122. The minimum Gasteiger partial charge on any atom is -0.378 e. The molecule has 150 valence electrons. The predicted octanol–water partition coefficient (Wildman–Crippen LogP) is 2.75. The van der Waals surface area contributed by atoms with Crippen LogP contribution in [-0.2, 0) is 11.2 Å². The monoisotopic (exact) mass is 445 g/mol. The Hall–Kier alpha value is -1.70. The van der Waals surface area contributed by atoms with Crippen molar-refractivity contribution in [2.24, 2.45) is 0 Å². The summed E-state index contributed by atoms with van der Waals surface area (Å²) in [6, 6.07) is 10.7. The van der Waals surface area contributed by atoms with Gasteiger partial charge in [-0.2, -0.15) is 4.98 Å². The summed E-state index contributed by atoms with van der Waals surface area (Å²) < 4.78 is 6.61. The number of nitrogens with zero attached hydrogens (tertiary/aromatic N) is 5. The first-order chi connectivity index (χ1) is 13.7. The number of aromatic nitrogens is 2. The fourth-order valence-corrected chi connectivity index (χ4v) is 4.01. The third kappa shape index (κ3) is 5.01. The van der Waals surface area contributed by atoms with E-state index in [0.29, 0.717) is 0 Å². The van der Waals surface area contributed by atoms with E-state index in [1.165, 1.54) is 5.56 Å². The van der Waals surface area contributed by atoms with E-state index >= 15 is 0 Å². The van der Waals surface area contributed by atoms with Gasteiger partial charge in [-0.25, -0.2) is 4.98 Å². The van der Waals surface area contributed by atoms with Gasteiger partial charge in [0.2, 0.25) is 5.95 Å². The number of hydrogen-bond donors (Lipinski definition) is 0. The van der Waals surface area contributed by atoms with Crippen LogP contribution in [0.2, 0.25) is 0 Å². The number of ether oxygens (including phenoxy) is 1. The number of rotatable bonds is 5. The average molecular weight is 446 g/mol. The van der Waals surface area contributed by atoms with Crippen LogP contribution in [0.25, 0.3) is 0 Å². The Morgan fingerprint density at radius 3 is 2.36 bits per heavy atom. The molecule has 2 aromatic rings.